The summed E-state index contributed by atoms with van der Waals surface area (Å²) in [7, 11) is 0. The first-order valence-electron chi connectivity index (χ1n) is 7.86. The smallest absolute Gasteiger partial charge is 0.314 e. The molecule has 0 aliphatic carbocycles. The maximum atomic E-state index is 12.3. The zero-order chi connectivity index (χ0) is 16.4. The van der Waals surface area contributed by atoms with E-state index in [0.717, 1.165) is 5.56 Å². The number of rotatable bonds is 4. The van der Waals surface area contributed by atoms with E-state index < -0.39 is 12.0 Å². The number of carbonyl (C=O) groups excluding carboxylic acids is 1. The van der Waals surface area contributed by atoms with Crippen LogP contribution < -0.4 is 4.90 Å². The van der Waals surface area contributed by atoms with Crippen molar-refractivity contribution in [3.8, 4) is 0 Å². The summed E-state index contributed by atoms with van der Waals surface area (Å²) < 4.78 is 10.7. The Bertz CT molecular complexity index is 667. The number of hydrogen-bond donors (Lipinski definition) is 1. The summed E-state index contributed by atoms with van der Waals surface area (Å²) in [5.41, 5.74) is 1.75. The average molecular weight is 315 g/mol. The van der Waals surface area contributed by atoms with Crippen molar-refractivity contribution < 1.29 is 19.1 Å². The summed E-state index contributed by atoms with van der Waals surface area (Å²) in [6, 6.07) is 11.5. The Balaban J connectivity index is 1.95. The average Bonchev–Trinajstić information content (AvgIpc) is 3.03. The number of benzene rings is 1. The van der Waals surface area contributed by atoms with Gasteiger partial charge in [0.15, 0.2) is 0 Å². The van der Waals surface area contributed by atoms with Crippen molar-refractivity contribution in [2.45, 2.75) is 32.5 Å². The molecule has 23 heavy (non-hydrogen) atoms. The van der Waals surface area contributed by atoms with E-state index in [1.807, 2.05) is 42.2 Å². The number of fused-ring (bicyclic) bond motifs is 1. The van der Waals surface area contributed by atoms with Gasteiger partial charge in [0.1, 0.15) is 5.92 Å². The molecule has 0 radical (unpaired) electrons. The molecule has 0 fully saturated rings. The molecule has 3 rings (SSSR count). The van der Waals surface area contributed by atoms with E-state index in [1.54, 1.807) is 19.3 Å². The Kier molecular flexibility index (Phi) is 4.39. The van der Waals surface area contributed by atoms with E-state index in [0.29, 0.717) is 24.6 Å². The van der Waals surface area contributed by atoms with Gasteiger partial charge in [0.2, 0.25) is 5.88 Å². The molecule has 2 heterocycles. The summed E-state index contributed by atoms with van der Waals surface area (Å²) in [5.74, 6) is -0.393. The van der Waals surface area contributed by atoms with Crippen molar-refractivity contribution >= 4 is 11.9 Å². The molecule has 1 aliphatic heterocycles. The van der Waals surface area contributed by atoms with Crippen molar-refractivity contribution in [1.29, 1.82) is 0 Å². The first kappa shape index (κ1) is 15.6. The van der Waals surface area contributed by atoms with Gasteiger partial charge in [-0.05, 0) is 25.5 Å². The molecule has 5 heteroatoms. The highest BCUT2D eigenvalue weighted by Crippen LogP contribution is 2.42. The molecule has 0 spiro atoms. The van der Waals surface area contributed by atoms with Crippen molar-refractivity contribution in [3.63, 3.8) is 0 Å². The molecule has 0 saturated carbocycles. The SMILES string of the molecule is CCOC(=O)C1C(O)c2ccoc2N(Cc2ccccc2)C1C. The predicted molar refractivity (Wildman–Crippen MR) is 85.9 cm³/mol. The minimum Gasteiger partial charge on any atom is -0.466 e. The van der Waals surface area contributed by atoms with Gasteiger partial charge in [-0.25, -0.2) is 0 Å². The Labute approximate surface area is 135 Å². The van der Waals surface area contributed by atoms with E-state index in [2.05, 4.69) is 0 Å². The fourth-order valence-electron chi connectivity index (χ4n) is 3.17. The fourth-order valence-corrected chi connectivity index (χ4v) is 3.17. The van der Waals surface area contributed by atoms with Crippen molar-refractivity contribution in [2.75, 3.05) is 11.5 Å². The largest absolute Gasteiger partial charge is 0.466 e. The lowest BCUT2D eigenvalue weighted by molar-refractivity contribution is -0.153. The number of anilines is 1. The minimum absolute atomic E-state index is 0.233. The number of aliphatic hydroxyl groups is 1. The fraction of sp³-hybridized carbons (Fsp3) is 0.389. The normalized spacial score (nSPS) is 23.4. The molecule has 1 aromatic heterocycles. The monoisotopic (exact) mass is 315 g/mol. The molecule has 1 aromatic carbocycles. The Morgan fingerprint density at radius 1 is 1.30 bits per heavy atom. The maximum absolute atomic E-state index is 12.3. The van der Waals surface area contributed by atoms with E-state index in [1.165, 1.54) is 0 Å². The van der Waals surface area contributed by atoms with Gasteiger partial charge < -0.3 is 19.2 Å². The van der Waals surface area contributed by atoms with Crippen molar-refractivity contribution in [2.24, 2.45) is 5.92 Å². The van der Waals surface area contributed by atoms with Gasteiger partial charge in [0.05, 0.1) is 19.0 Å². The molecule has 3 unspecified atom stereocenters. The zero-order valence-electron chi connectivity index (χ0n) is 13.3. The molecular weight excluding hydrogens is 294 g/mol. The standard InChI is InChI=1S/C18H21NO4/c1-3-22-18(21)15-12(2)19(11-13-7-5-4-6-8-13)17-14(16(15)20)9-10-23-17/h4-10,12,15-16,20H,3,11H2,1-2H3. The molecule has 1 aliphatic rings. The lowest BCUT2D eigenvalue weighted by Crippen LogP contribution is -2.48. The van der Waals surface area contributed by atoms with Crippen LogP contribution in [0.4, 0.5) is 5.88 Å². The summed E-state index contributed by atoms with van der Waals surface area (Å²) in [4.78, 5) is 14.3. The van der Waals surface area contributed by atoms with Gasteiger partial charge in [-0.2, -0.15) is 0 Å². The topological polar surface area (TPSA) is 62.9 Å². The van der Waals surface area contributed by atoms with Crippen LogP contribution in [0.15, 0.2) is 47.1 Å². The molecule has 5 nitrogen and oxygen atoms in total. The molecule has 122 valence electrons. The van der Waals surface area contributed by atoms with Gasteiger partial charge in [-0.1, -0.05) is 30.3 Å². The third-order valence-electron chi connectivity index (χ3n) is 4.36. The van der Waals surface area contributed by atoms with Crippen LogP contribution in [0.2, 0.25) is 0 Å². The van der Waals surface area contributed by atoms with E-state index in [9.17, 15) is 9.90 Å². The van der Waals surface area contributed by atoms with Gasteiger partial charge >= 0.3 is 5.97 Å². The molecule has 0 amide bonds. The number of aliphatic hydroxyl groups excluding tert-OH is 1. The van der Waals surface area contributed by atoms with Gasteiger partial charge in [-0.3, -0.25) is 4.79 Å². The van der Waals surface area contributed by atoms with Crippen LogP contribution in [-0.4, -0.2) is 23.7 Å². The summed E-state index contributed by atoms with van der Waals surface area (Å²) in [6.07, 6.45) is 0.636. The molecule has 2 aromatic rings. The van der Waals surface area contributed by atoms with Crippen LogP contribution in [0.1, 0.15) is 31.1 Å². The second-order valence-electron chi connectivity index (χ2n) is 5.76. The first-order valence-corrected chi connectivity index (χ1v) is 7.86. The van der Waals surface area contributed by atoms with E-state index in [-0.39, 0.29) is 12.0 Å². The molecule has 3 atom stereocenters. The maximum Gasteiger partial charge on any atom is 0.314 e. The quantitative estimate of drug-likeness (QED) is 0.879. The molecule has 0 saturated heterocycles. The third kappa shape index (κ3) is 2.84. The second kappa shape index (κ2) is 6.46. The third-order valence-corrected chi connectivity index (χ3v) is 4.36. The summed E-state index contributed by atoms with van der Waals surface area (Å²) in [5, 5.41) is 10.6. The van der Waals surface area contributed by atoms with Crippen LogP contribution >= 0.6 is 0 Å². The Morgan fingerprint density at radius 3 is 2.74 bits per heavy atom. The number of furan rings is 1. The zero-order valence-corrected chi connectivity index (χ0v) is 13.3. The highest BCUT2D eigenvalue weighted by atomic mass is 16.5. The van der Waals surface area contributed by atoms with Gasteiger partial charge in [0.25, 0.3) is 0 Å². The predicted octanol–water partition coefficient (Wildman–Crippen LogP) is 2.90. The molecule has 1 N–H and O–H groups in total. The number of esters is 1. The number of ether oxygens (including phenoxy) is 1. The van der Waals surface area contributed by atoms with E-state index in [4.69, 9.17) is 9.15 Å². The van der Waals surface area contributed by atoms with Crippen molar-refractivity contribution in [1.82, 2.24) is 0 Å². The highest BCUT2D eigenvalue weighted by Gasteiger charge is 2.44. The Morgan fingerprint density at radius 2 is 2.04 bits per heavy atom. The minimum atomic E-state index is -0.912. The van der Waals surface area contributed by atoms with Crippen LogP contribution in [0.3, 0.4) is 0 Å². The van der Waals surface area contributed by atoms with Crippen LogP contribution in [-0.2, 0) is 16.1 Å². The van der Waals surface area contributed by atoms with Crippen molar-refractivity contribution in [3.05, 3.63) is 53.8 Å². The van der Waals surface area contributed by atoms with Crippen LogP contribution in [0, 0.1) is 5.92 Å². The van der Waals surface area contributed by atoms with Crippen LogP contribution in [0.25, 0.3) is 0 Å². The Hall–Kier alpha value is -2.27. The lowest BCUT2D eigenvalue weighted by atomic mass is 9.86. The lowest BCUT2D eigenvalue weighted by Gasteiger charge is -2.40. The van der Waals surface area contributed by atoms with Gasteiger partial charge in [0, 0.05) is 18.2 Å². The summed E-state index contributed by atoms with van der Waals surface area (Å²) >= 11 is 0. The highest BCUT2D eigenvalue weighted by molar-refractivity contribution is 5.76. The first-order chi connectivity index (χ1) is 11.1. The molecular formula is C18H21NO4. The summed E-state index contributed by atoms with van der Waals surface area (Å²) in [6.45, 7) is 4.58. The number of hydrogen-bond acceptors (Lipinski definition) is 5. The number of nitrogens with zero attached hydrogens (tertiary/aromatic N) is 1. The van der Waals surface area contributed by atoms with E-state index >= 15 is 0 Å². The van der Waals surface area contributed by atoms with Gasteiger partial charge in [-0.15, -0.1) is 0 Å². The number of carbonyl (C=O) groups is 1. The second-order valence-corrected chi connectivity index (χ2v) is 5.76. The van der Waals surface area contributed by atoms with Crippen LogP contribution in [0.5, 0.6) is 0 Å². The molecule has 0 bridgehead atoms.